The second-order valence-corrected chi connectivity index (χ2v) is 6.38. The summed E-state index contributed by atoms with van der Waals surface area (Å²) in [6.45, 7) is 0. The zero-order chi connectivity index (χ0) is 19.2. The molecule has 0 aliphatic rings. The Labute approximate surface area is 161 Å². The normalized spacial score (nSPS) is 10.4. The van der Waals surface area contributed by atoms with Gasteiger partial charge in [0.25, 0.3) is 0 Å². The SMILES string of the molecule is COC(=O)c1cc(Cl)ccc1NC(=O)CCc1cccc(-c2ccoc2)c1. The highest BCUT2D eigenvalue weighted by Crippen LogP contribution is 2.23. The zero-order valence-corrected chi connectivity index (χ0v) is 15.5. The van der Waals surface area contributed by atoms with E-state index >= 15 is 0 Å². The van der Waals surface area contributed by atoms with Gasteiger partial charge in [0.1, 0.15) is 0 Å². The van der Waals surface area contributed by atoms with Gasteiger partial charge in [-0.2, -0.15) is 0 Å². The maximum atomic E-state index is 12.3. The van der Waals surface area contributed by atoms with Gasteiger partial charge in [0, 0.05) is 17.0 Å². The van der Waals surface area contributed by atoms with Gasteiger partial charge in [-0.05, 0) is 41.8 Å². The van der Waals surface area contributed by atoms with Crippen LogP contribution in [0, 0.1) is 0 Å². The molecule has 0 radical (unpaired) electrons. The largest absolute Gasteiger partial charge is 0.472 e. The van der Waals surface area contributed by atoms with Crippen molar-refractivity contribution in [1.82, 2.24) is 0 Å². The molecule has 3 rings (SSSR count). The number of furan rings is 1. The second-order valence-electron chi connectivity index (χ2n) is 5.94. The Morgan fingerprint density at radius 1 is 1.11 bits per heavy atom. The van der Waals surface area contributed by atoms with Gasteiger partial charge in [0.05, 0.1) is 30.9 Å². The minimum atomic E-state index is -0.555. The maximum absolute atomic E-state index is 12.3. The van der Waals surface area contributed by atoms with Crippen LogP contribution >= 0.6 is 11.6 Å². The van der Waals surface area contributed by atoms with Crippen LogP contribution in [0.1, 0.15) is 22.3 Å². The van der Waals surface area contributed by atoms with Gasteiger partial charge in [0.2, 0.25) is 5.91 Å². The van der Waals surface area contributed by atoms with E-state index in [0.717, 1.165) is 16.7 Å². The minimum Gasteiger partial charge on any atom is -0.472 e. The summed E-state index contributed by atoms with van der Waals surface area (Å²) in [4.78, 5) is 24.2. The first-order chi connectivity index (χ1) is 13.1. The van der Waals surface area contributed by atoms with Crippen LogP contribution in [-0.2, 0) is 16.0 Å². The van der Waals surface area contributed by atoms with E-state index in [-0.39, 0.29) is 17.9 Å². The van der Waals surface area contributed by atoms with Gasteiger partial charge < -0.3 is 14.5 Å². The molecule has 1 N–H and O–H groups in total. The fourth-order valence-electron chi connectivity index (χ4n) is 2.71. The lowest BCUT2D eigenvalue weighted by Gasteiger charge is -2.10. The summed E-state index contributed by atoms with van der Waals surface area (Å²) in [7, 11) is 1.28. The molecule has 0 saturated heterocycles. The summed E-state index contributed by atoms with van der Waals surface area (Å²) in [5.74, 6) is -0.753. The predicted molar refractivity (Wildman–Crippen MR) is 104 cm³/mol. The van der Waals surface area contributed by atoms with E-state index in [0.29, 0.717) is 17.1 Å². The lowest BCUT2D eigenvalue weighted by atomic mass is 10.0. The molecule has 0 bridgehead atoms. The quantitative estimate of drug-likeness (QED) is 0.611. The molecule has 2 aromatic carbocycles. The molecular formula is C21H18ClNO4. The van der Waals surface area contributed by atoms with Gasteiger partial charge in [0.15, 0.2) is 0 Å². The average molecular weight is 384 g/mol. The van der Waals surface area contributed by atoms with Crippen molar-refractivity contribution in [3.8, 4) is 11.1 Å². The Morgan fingerprint density at radius 3 is 2.70 bits per heavy atom. The molecule has 3 aromatic rings. The standard InChI is InChI=1S/C21H18ClNO4/c1-26-21(25)18-12-17(22)6-7-19(18)23-20(24)8-5-14-3-2-4-15(11-14)16-9-10-27-13-16/h2-4,6-7,9-13H,5,8H2,1H3,(H,23,24). The van der Waals surface area contributed by atoms with Crippen molar-refractivity contribution in [3.05, 3.63) is 77.2 Å². The number of nitrogens with one attached hydrogen (secondary N) is 1. The number of anilines is 1. The van der Waals surface area contributed by atoms with Crippen molar-refractivity contribution >= 4 is 29.2 Å². The molecule has 27 heavy (non-hydrogen) atoms. The third-order valence-electron chi connectivity index (χ3n) is 4.08. The molecule has 6 heteroatoms. The Bertz CT molecular complexity index is 951. The van der Waals surface area contributed by atoms with Gasteiger partial charge in [-0.3, -0.25) is 4.79 Å². The van der Waals surface area contributed by atoms with Crippen LogP contribution in [0.3, 0.4) is 0 Å². The molecule has 0 atom stereocenters. The van der Waals surface area contributed by atoms with Crippen molar-refractivity contribution < 1.29 is 18.7 Å². The molecule has 5 nitrogen and oxygen atoms in total. The van der Waals surface area contributed by atoms with Crippen molar-refractivity contribution in [2.75, 3.05) is 12.4 Å². The van der Waals surface area contributed by atoms with Crippen LogP contribution in [-0.4, -0.2) is 19.0 Å². The molecule has 1 amide bonds. The van der Waals surface area contributed by atoms with Gasteiger partial charge in [-0.15, -0.1) is 0 Å². The fourth-order valence-corrected chi connectivity index (χ4v) is 2.88. The summed E-state index contributed by atoms with van der Waals surface area (Å²) in [5, 5.41) is 3.14. The number of rotatable bonds is 6. The molecule has 0 aliphatic carbocycles. The van der Waals surface area contributed by atoms with Crippen LogP contribution in [0.4, 0.5) is 5.69 Å². The molecule has 0 fully saturated rings. The Hall–Kier alpha value is -3.05. The lowest BCUT2D eigenvalue weighted by Crippen LogP contribution is -2.15. The Morgan fingerprint density at radius 2 is 1.96 bits per heavy atom. The van der Waals surface area contributed by atoms with E-state index in [9.17, 15) is 9.59 Å². The van der Waals surface area contributed by atoms with Crippen molar-refractivity contribution in [3.63, 3.8) is 0 Å². The van der Waals surface area contributed by atoms with E-state index in [1.54, 1.807) is 24.7 Å². The Balaban J connectivity index is 1.66. The van der Waals surface area contributed by atoms with E-state index in [2.05, 4.69) is 5.32 Å². The number of methoxy groups -OCH3 is 1. The van der Waals surface area contributed by atoms with E-state index in [1.165, 1.54) is 13.2 Å². The zero-order valence-electron chi connectivity index (χ0n) is 14.7. The summed E-state index contributed by atoms with van der Waals surface area (Å²) in [6, 6.07) is 14.5. The average Bonchev–Trinajstić information content (AvgIpc) is 3.22. The highest BCUT2D eigenvalue weighted by atomic mass is 35.5. The topological polar surface area (TPSA) is 68.5 Å². The number of aryl methyl sites for hydroxylation is 1. The molecule has 0 aliphatic heterocycles. The van der Waals surface area contributed by atoms with E-state index in [4.69, 9.17) is 20.8 Å². The van der Waals surface area contributed by atoms with Crippen molar-refractivity contribution in [2.24, 2.45) is 0 Å². The smallest absolute Gasteiger partial charge is 0.340 e. The molecular weight excluding hydrogens is 366 g/mol. The van der Waals surface area contributed by atoms with Gasteiger partial charge in [-0.25, -0.2) is 4.79 Å². The van der Waals surface area contributed by atoms with E-state index in [1.807, 2.05) is 30.3 Å². The molecule has 0 unspecified atom stereocenters. The molecule has 1 heterocycles. The molecule has 0 saturated carbocycles. The number of carbonyl (C=O) groups excluding carboxylic acids is 2. The maximum Gasteiger partial charge on any atom is 0.340 e. The number of hydrogen-bond acceptors (Lipinski definition) is 4. The van der Waals surface area contributed by atoms with Gasteiger partial charge >= 0.3 is 5.97 Å². The van der Waals surface area contributed by atoms with Crippen LogP contribution in [0.5, 0.6) is 0 Å². The number of halogens is 1. The van der Waals surface area contributed by atoms with Crippen LogP contribution in [0.15, 0.2) is 65.5 Å². The second kappa shape index (κ2) is 8.56. The summed E-state index contributed by atoms with van der Waals surface area (Å²) >= 11 is 5.93. The van der Waals surface area contributed by atoms with Crippen LogP contribution in [0.25, 0.3) is 11.1 Å². The monoisotopic (exact) mass is 383 g/mol. The van der Waals surface area contributed by atoms with Gasteiger partial charge in [-0.1, -0.05) is 35.9 Å². The number of carbonyl (C=O) groups is 2. The summed E-state index contributed by atoms with van der Waals surface area (Å²) in [6.07, 6.45) is 4.15. The highest BCUT2D eigenvalue weighted by molar-refractivity contribution is 6.31. The number of esters is 1. The minimum absolute atomic E-state index is 0.198. The first kappa shape index (κ1) is 18.7. The Kier molecular flexibility index (Phi) is 5.94. The van der Waals surface area contributed by atoms with Crippen LogP contribution in [0.2, 0.25) is 5.02 Å². The van der Waals surface area contributed by atoms with Crippen molar-refractivity contribution in [2.45, 2.75) is 12.8 Å². The van der Waals surface area contributed by atoms with Crippen LogP contribution < -0.4 is 5.32 Å². The summed E-state index contributed by atoms with van der Waals surface area (Å²) in [5.41, 5.74) is 3.66. The third kappa shape index (κ3) is 4.77. The highest BCUT2D eigenvalue weighted by Gasteiger charge is 2.14. The predicted octanol–water partition coefficient (Wildman–Crippen LogP) is 4.96. The number of benzene rings is 2. The molecule has 138 valence electrons. The third-order valence-corrected chi connectivity index (χ3v) is 4.32. The lowest BCUT2D eigenvalue weighted by molar-refractivity contribution is -0.116. The first-order valence-electron chi connectivity index (χ1n) is 8.36. The fraction of sp³-hybridized carbons (Fsp3) is 0.143. The number of amides is 1. The molecule has 0 spiro atoms. The first-order valence-corrected chi connectivity index (χ1v) is 8.74. The van der Waals surface area contributed by atoms with Crippen molar-refractivity contribution in [1.29, 1.82) is 0 Å². The molecule has 1 aromatic heterocycles. The summed E-state index contributed by atoms with van der Waals surface area (Å²) < 4.78 is 9.85. The number of hydrogen-bond donors (Lipinski definition) is 1. The number of ether oxygens (including phenoxy) is 1. The van der Waals surface area contributed by atoms with E-state index < -0.39 is 5.97 Å².